The molecule has 1 aromatic carbocycles. The predicted octanol–water partition coefficient (Wildman–Crippen LogP) is 1.62. The summed E-state index contributed by atoms with van der Waals surface area (Å²) in [7, 11) is 1.63. The number of carbonyl (C=O) groups excluding carboxylic acids is 1. The van der Waals surface area contributed by atoms with E-state index >= 15 is 0 Å². The van der Waals surface area contributed by atoms with Crippen LogP contribution in [0.25, 0.3) is 11.0 Å². The van der Waals surface area contributed by atoms with Gasteiger partial charge < -0.3 is 19.9 Å². The van der Waals surface area contributed by atoms with Crippen LogP contribution < -0.4 is 10.6 Å². The fourth-order valence-electron chi connectivity index (χ4n) is 3.43. The maximum atomic E-state index is 12.5. The number of piperidine rings is 1. The van der Waals surface area contributed by atoms with Crippen LogP contribution in [0.1, 0.15) is 25.1 Å². The average molecular weight is 330 g/mol. The summed E-state index contributed by atoms with van der Waals surface area (Å²) in [4.78, 5) is 17.1. The molecule has 0 saturated carbocycles. The molecule has 2 aromatic rings. The standard InChI is InChI=1S/C18H26N4O2/c1-14-21-15-6-3-4-7-16(15)22(14)13-5-10-20-17(23)18(24-2)8-11-19-12-9-18/h3-4,6-7,19H,5,8-13H2,1-2H3,(H,20,23). The molecule has 2 heterocycles. The third kappa shape index (κ3) is 3.30. The van der Waals surface area contributed by atoms with Gasteiger partial charge in [0.05, 0.1) is 11.0 Å². The highest BCUT2D eigenvalue weighted by atomic mass is 16.5. The largest absolute Gasteiger partial charge is 0.368 e. The minimum absolute atomic E-state index is 0.0127. The lowest BCUT2D eigenvalue weighted by molar-refractivity contribution is -0.146. The van der Waals surface area contributed by atoms with Crippen LogP contribution in [0.5, 0.6) is 0 Å². The van der Waals surface area contributed by atoms with Crippen LogP contribution in [0.15, 0.2) is 24.3 Å². The number of rotatable bonds is 6. The first kappa shape index (κ1) is 16.9. The molecule has 1 aliphatic heterocycles. The fraction of sp³-hybridized carbons (Fsp3) is 0.556. The zero-order chi connectivity index (χ0) is 17.0. The smallest absolute Gasteiger partial charge is 0.252 e. The van der Waals surface area contributed by atoms with Crippen molar-refractivity contribution in [2.75, 3.05) is 26.7 Å². The third-order valence-electron chi connectivity index (χ3n) is 4.91. The second kappa shape index (κ2) is 7.32. The SMILES string of the molecule is COC1(C(=O)NCCCn2c(C)nc3ccccc32)CCNCC1. The van der Waals surface area contributed by atoms with Crippen LogP contribution in [0.3, 0.4) is 0 Å². The Hall–Kier alpha value is -1.92. The number of hydrogen-bond donors (Lipinski definition) is 2. The Labute approximate surface area is 142 Å². The highest BCUT2D eigenvalue weighted by Crippen LogP contribution is 2.22. The van der Waals surface area contributed by atoms with Crippen LogP contribution in [-0.2, 0) is 16.1 Å². The summed E-state index contributed by atoms with van der Waals surface area (Å²) in [5.41, 5.74) is 1.50. The number of carbonyl (C=O) groups is 1. The summed E-state index contributed by atoms with van der Waals surface area (Å²) < 4.78 is 7.76. The number of ether oxygens (including phenoxy) is 1. The minimum Gasteiger partial charge on any atom is -0.368 e. The number of imidazole rings is 1. The molecule has 1 fully saturated rings. The molecule has 0 spiro atoms. The zero-order valence-corrected chi connectivity index (χ0v) is 14.5. The lowest BCUT2D eigenvalue weighted by Crippen LogP contribution is -2.54. The molecule has 130 valence electrons. The van der Waals surface area contributed by atoms with Crippen LogP contribution in [0.4, 0.5) is 0 Å². The van der Waals surface area contributed by atoms with Crippen molar-refractivity contribution in [1.29, 1.82) is 0 Å². The van der Waals surface area contributed by atoms with Crippen molar-refractivity contribution in [2.45, 2.75) is 38.3 Å². The first-order chi connectivity index (χ1) is 11.7. The van der Waals surface area contributed by atoms with Gasteiger partial charge in [0.1, 0.15) is 11.4 Å². The van der Waals surface area contributed by atoms with E-state index in [-0.39, 0.29) is 5.91 Å². The second-order valence-electron chi connectivity index (χ2n) is 6.36. The first-order valence-electron chi connectivity index (χ1n) is 8.62. The number of hydrogen-bond acceptors (Lipinski definition) is 4. The molecule has 6 nitrogen and oxygen atoms in total. The molecule has 0 radical (unpaired) electrons. The number of amides is 1. The zero-order valence-electron chi connectivity index (χ0n) is 14.5. The van der Waals surface area contributed by atoms with Crippen molar-refractivity contribution in [3.63, 3.8) is 0 Å². The van der Waals surface area contributed by atoms with Crippen molar-refractivity contribution >= 4 is 16.9 Å². The van der Waals surface area contributed by atoms with Crippen molar-refractivity contribution in [3.05, 3.63) is 30.1 Å². The minimum atomic E-state index is -0.664. The van der Waals surface area contributed by atoms with Crippen molar-refractivity contribution in [2.24, 2.45) is 0 Å². The maximum Gasteiger partial charge on any atom is 0.252 e. The van der Waals surface area contributed by atoms with Crippen molar-refractivity contribution < 1.29 is 9.53 Å². The van der Waals surface area contributed by atoms with E-state index < -0.39 is 5.60 Å². The Morgan fingerprint density at radius 1 is 1.38 bits per heavy atom. The highest BCUT2D eigenvalue weighted by molar-refractivity contribution is 5.85. The van der Waals surface area contributed by atoms with Crippen LogP contribution >= 0.6 is 0 Å². The van der Waals surface area contributed by atoms with Gasteiger partial charge in [0.15, 0.2) is 0 Å². The van der Waals surface area contributed by atoms with E-state index in [0.717, 1.165) is 55.8 Å². The van der Waals surface area contributed by atoms with Gasteiger partial charge in [-0.1, -0.05) is 12.1 Å². The number of methoxy groups -OCH3 is 1. The van der Waals surface area contributed by atoms with E-state index in [1.54, 1.807) is 7.11 Å². The molecule has 0 bridgehead atoms. The van der Waals surface area contributed by atoms with Gasteiger partial charge >= 0.3 is 0 Å². The number of benzene rings is 1. The lowest BCUT2D eigenvalue weighted by atomic mass is 9.91. The Kier molecular flexibility index (Phi) is 5.16. The van der Waals surface area contributed by atoms with Gasteiger partial charge in [0.2, 0.25) is 0 Å². The summed E-state index contributed by atoms with van der Waals surface area (Å²) in [5.74, 6) is 1.02. The Morgan fingerprint density at radius 2 is 2.12 bits per heavy atom. The molecule has 2 N–H and O–H groups in total. The number of aryl methyl sites for hydroxylation is 2. The summed E-state index contributed by atoms with van der Waals surface area (Å²) in [5, 5.41) is 6.32. The molecule has 1 aliphatic rings. The van der Waals surface area contributed by atoms with Crippen LogP contribution in [0.2, 0.25) is 0 Å². The molecule has 1 amide bonds. The van der Waals surface area contributed by atoms with Gasteiger partial charge in [0.25, 0.3) is 5.91 Å². The molecular weight excluding hydrogens is 304 g/mol. The van der Waals surface area contributed by atoms with E-state index in [4.69, 9.17) is 4.74 Å². The fourth-order valence-corrected chi connectivity index (χ4v) is 3.43. The summed E-state index contributed by atoms with van der Waals surface area (Å²) in [6, 6.07) is 8.15. The number of nitrogens with zero attached hydrogens (tertiary/aromatic N) is 2. The molecule has 3 rings (SSSR count). The Morgan fingerprint density at radius 3 is 2.88 bits per heavy atom. The van der Waals surface area contributed by atoms with E-state index in [1.165, 1.54) is 0 Å². The Bertz CT molecular complexity index is 704. The monoisotopic (exact) mass is 330 g/mol. The summed E-state index contributed by atoms with van der Waals surface area (Å²) in [6.45, 7) is 5.15. The normalized spacial score (nSPS) is 17.1. The molecule has 6 heteroatoms. The number of aromatic nitrogens is 2. The molecule has 0 atom stereocenters. The van der Waals surface area contributed by atoms with Crippen molar-refractivity contribution in [3.8, 4) is 0 Å². The third-order valence-corrected chi connectivity index (χ3v) is 4.91. The lowest BCUT2D eigenvalue weighted by Gasteiger charge is -2.34. The highest BCUT2D eigenvalue weighted by Gasteiger charge is 2.39. The van der Waals surface area contributed by atoms with Gasteiger partial charge in [-0.2, -0.15) is 0 Å². The number of nitrogens with one attached hydrogen (secondary N) is 2. The van der Waals surface area contributed by atoms with Gasteiger partial charge in [-0.25, -0.2) is 4.98 Å². The van der Waals surface area contributed by atoms with Gasteiger partial charge in [-0.15, -0.1) is 0 Å². The summed E-state index contributed by atoms with van der Waals surface area (Å²) in [6.07, 6.45) is 2.31. The molecule has 1 aromatic heterocycles. The summed E-state index contributed by atoms with van der Waals surface area (Å²) >= 11 is 0. The van der Waals surface area contributed by atoms with E-state index in [0.29, 0.717) is 6.54 Å². The second-order valence-corrected chi connectivity index (χ2v) is 6.36. The van der Waals surface area contributed by atoms with E-state index in [2.05, 4.69) is 26.3 Å². The number of fused-ring (bicyclic) bond motifs is 1. The van der Waals surface area contributed by atoms with Gasteiger partial charge in [0, 0.05) is 20.2 Å². The molecule has 24 heavy (non-hydrogen) atoms. The van der Waals surface area contributed by atoms with Gasteiger partial charge in [-0.05, 0) is 51.4 Å². The quantitative estimate of drug-likeness (QED) is 0.790. The molecule has 1 saturated heterocycles. The maximum absolute atomic E-state index is 12.5. The van der Waals surface area contributed by atoms with Crippen LogP contribution in [0, 0.1) is 6.92 Å². The predicted molar refractivity (Wildman–Crippen MR) is 93.9 cm³/mol. The first-order valence-corrected chi connectivity index (χ1v) is 8.62. The van der Waals surface area contributed by atoms with Crippen LogP contribution in [-0.4, -0.2) is 47.8 Å². The van der Waals surface area contributed by atoms with E-state index in [9.17, 15) is 4.79 Å². The van der Waals surface area contributed by atoms with Gasteiger partial charge in [-0.3, -0.25) is 4.79 Å². The number of para-hydroxylation sites is 2. The molecule has 0 unspecified atom stereocenters. The Balaban J connectivity index is 1.55. The van der Waals surface area contributed by atoms with E-state index in [1.807, 2.05) is 25.1 Å². The molecule has 0 aliphatic carbocycles. The molecular formula is C18H26N4O2. The van der Waals surface area contributed by atoms with Crippen molar-refractivity contribution in [1.82, 2.24) is 20.2 Å². The average Bonchev–Trinajstić information content (AvgIpc) is 2.94. The topological polar surface area (TPSA) is 68.2 Å².